The van der Waals surface area contributed by atoms with Crippen LogP contribution in [0.15, 0.2) is 29.1 Å². The molecule has 1 aromatic carbocycles. The van der Waals surface area contributed by atoms with Gasteiger partial charge >= 0.3 is 0 Å². The maximum Gasteiger partial charge on any atom is 0.123 e. The van der Waals surface area contributed by atoms with E-state index in [1.807, 2.05) is 30.6 Å². The molecule has 0 fully saturated rings. The third-order valence-corrected chi connectivity index (χ3v) is 3.07. The zero-order valence-electron chi connectivity index (χ0n) is 10.3. The first-order chi connectivity index (χ1) is 8.78. The van der Waals surface area contributed by atoms with Crippen molar-refractivity contribution in [2.75, 3.05) is 24.2 Å². The number of hydrogen-bond acceptors (Lipinski definition) is 5. The summed E-state index contributed by atoms with van der Waals surface area (Å²) >= 11 is 1.62. The van der Waals surface area contributed by atoms with E-state index in [9.17, 15) is 0 Å². The Kier molecular flexibility index (Phi) is 4.41. The number of benzene rings is 1. The Morgan fingerprint density at radius 1 is 1.39 bits per heavy atom. The summed E-state index contributed by atoms with van der Waals surface area (Å²) in [4.78, 5) is 4.24. The smallest absolute Gasteiger partial charge is 0.123 e. The predicted octanol–water partition coefficient (Wildman–Crippen LogP) is 2.78. The molecule has 5 heteroatoms. The van der Waals surface area contributed by atoms with E-state index in [1.54, 1.807) is 11.3 Å². The molecular formula is C13H17N3OS. The van der Waals surface area contributed by atoms with Crippen LogP contribution in [0.1, 0.15) is 12.6 Å². The summed E-state index contributed by atoms with van der Waals surface area (Å²) in [5, 5.41) is 5.39. The number of nitrogen functional groups attached to an aromatic ring is 1. The normalized spacial score (nSPS) is 10.3. The molecule has 96 valence electrons. The summed E-state index contributed by atoms with van der Waals surface area (Å²) in [6.07, 6.45) is 0.905. The van der Waals surface area contributed by atoms with Gasteiger partial charge in [0.25, 0.3) is 0 Å². The minimum Gasteiger partial charge on any atom is -0.494 e. The Morgan fingerprint density at radius 3 is 3.00 bits per heavy atom. The molecule has 0 radical (unpaired) electrons. The van der Waals surface area contributed by atoms with Gasteiger partial charge in [0.15, 0.2) is 0 Å². The molecule has 0 aliphatic carbocycles. The van der Waals surface area contributed by atoms with Gasteiger partial charge in [-0.2, -0.15) is 0 Å². The Bertz CT molecular complexity index is 485. The topological polar surface area (TPSA) is 60.2 Å². The zero-order chi connectivity index (χ0) is 12.8. The number of nitrogens with zero attached hydrogens (tertiary/aromatic N) is 1. The molecule has 0 saturated heterocycles. The SMILES string of the molecule is CCOc1cc(N)cc(NCCc2cscn2)c1. The van der Waals surface area contributed by atoms with Gasteiger partial charge in [0, 0.05) is 41.9 Å². The van der Waals surface area contributed by atoms with E-state index in [0.717, 1.165) is 30.1 Å². The van der Waals surface area contributed by atoms with Crippen LogP contribution in [0.4, 0.5) is 11.4 Å². The minimum absolute atomic E-state index is 0.641. The van der Waals surface area contributed by atoms with E-state index in [-0.39, 0.29) is 0 Å². The maximum absolute atomic E-state index is 5.83. The predicted molar refractivity (Wildman–Crippen MR) is 76.3 cm³/mol. The molecule has 0 amide bonds. The van der Waals surface area contributed by atoms with Gasteiger partial charge in [0.05, 0.1) is 17.8 Å². The van der Waals surface area contributed by atoms with Crippen molar-refractivity contribution in [2.24, 2.45) is 0 Å². The van der Waals surface area contributed by atoms with Crippen LogP contribution in [0, 0.1) is 0 Å². The molecule has 2 aromatic rings. The average molecular weight is 263 g/mol. The van der Waals surface area contributed by atoms with Gasteiger partial charge in [-0.1, -0.05) is 0 Å². The molecule has 0 unspecified atom stereocenters. The van der Waals surface area contributed by atoms with Gasteiger partial charge in [-0.3, -0.25) is 0 Å². The number of rotatable bonds is 6. The highest BCUT2D eigenvalue weighted by molar-refractivity contribution is 7.07. The van der Waals surface area contributed by atoms with Crippen molar-refractivity contribution in [3.05, 3.63) is 34.8 Å². The van der Waals surface area contributed by atoms with Crippen LogP contribution in [0.3, 0.4) is 0 Å². The lowest BCUT2D eigenvalue weighted by atomic mass is 10.2. The molecule has 0 aliphatic heterocycles. The number of anilines is 2. The van der Waals surface area contributed by atoms with Crippen molar-refractivity contribution in [3.8, 4) is 5.75 Å². The molecule has 18 heavy (non-hydrogen) atoms. The van der Waals surface area contributed by atoms with Gasteiger partial charge in [0.1, 0.15) is 5.75 Å². The van der Waals surface area contributed by atoms with Crippen LogP contribution in [0.2, 0.25) is 0 Å². The third-order valence-electron chi connectivity index (χ3n) is 2.43. The lowest BCUT2D eigenvalue weighted by Gasteiger charge is -2.10. The molecule has 1 heterocycles. The fourth-order valence-electron chi connectivity index (χ4n) is 1.67. The fourth-order valence-corrected chi connectivity index (χ4v) is 2.26. The quantitative estimate of drug-likeness (QED) is 0.787. The Hall–Kier alpha value is -1.75. The van der Waals surface area contributed by atoms with Crippen LogP contribution in [-0.2, 0) is 6.42 Å². The maximum atomic E-state index is 5.83. The average Bonchev–Trinajstić information content (AvgIpc) is 2.82. The highest BCUT2D eigenvalue weighted by Crippen LogP contribution is 2.22. The Morgan fingerprint density at radius 2 is 2.28 bits per heavy atom. The summed E-state index contributed by atoms with van der Waals surface area (Å²) < 4.78 is 5.45. The van der Waals surface area contributed by atoms with Crippen LogP contribution in [0.25, 0.3) is 0 Å². The molecule has 4 nitrogen and oxygen atoms in total. The standard InChI is InChI=1S/C13H17N3OS/c1-2-17-13-6-10(14)5-12(7-13)15-4-3-11-8-18-9-16-11/h5-9,15H,2-4,14H2,1H3. The van der Waals surface area contributed by atoms with Crippen molar-refractivity contribution in [1.29, 1.82) is 0 Å². The van der Waals surface area contributed by atoms with Crippen molar-refractivity contribution in [1.82, 2.24) is 4.98 Å². The van der Waals surface area contributed by atoms with E-state index in [4.69, 9.17) is 10.5 Å². The second kappa shape index (κ2) is 6.26. The zero-order valence-corrected chi connectivity index (χ0v) is 11.2. The highest BCUT2D eigenvalue weighted by atomic mass is 32.1. The van der Waals surface area contributed by atoms with Crippen molar-refractivity contribution in [2.45, 2.75) is 13.3 Å². The lowest BCUT2D eigenvalue weighted by Crippen LogP contribution is -2.06. The fraction of sp³-hybridized carbons (Fsp3) is 0.308. The molecule has 3 N–H and O–H groups in total. The van der Waals surface area contributed by atoms with Gasteiger partial charge in [0.2, 0.25) is 0 Å². The Balaban J connectivity index is 1.92. The van der Waals surface area contributed by atoms with Gasteiger partial charge < -0.3 is 15.8 Å². The molecular weight excluding hydrogens is 246 g/mol. The summed E-state index contributed by atoms with van der Waals surface area (Å²) in [6, 6.07) is 5.69. The lowest BCUT2D eigenvalue weighted by molar-refractivity contribution is 0.340. The number of thiazole rings is 1. The number of nitrogens with one attached hydrogen (secondary N) is 1. The van der Waals surface area contributed by atoms with Crippen LogP contribution in [-0.4, -0.2) is 18.1 Å². The second-order valence-corrected chi connectivity index (χ2v) is 4.60. The van der Waals surface area contributed by atoms with E-state index >= 15 is 0 Å². The van der Waals surface area contributed by atoms with E-state index in [1.165, 1.54) is 0 Å². The first-order valence-electron chi connectivity index (χ1n) is 5.92. The highest BCUT2D eigenvalue weighted by Gasteiger charge is 2.00. The molecule has 0 bridgehead atoms. The minimum atomic E-state index is 0.641. The summed E-state index contributed by atoms with van der Waals surface area (Å²) in [5.41, 5.74) is 10.5. The monoisotopic (exact) mass is 263 g/mol. The molecule has 1 aromatic heterocycles. The number of hydrogen-bond donors (Lipinski definition) is 2. The van der Waals surface area contributed by atoms with Gasteiger partial charge in [-0.25, -0.2) is 4.98 Å². The molecule has 0 aliphatic rings. The van der Waals surface area contributed by atoms with E-state index in [0.29, 0.717) is 12.3 Å². The summed E-state index contributed by atoms with van der Waals surface area (Å²) in [7, 11) is 0. The van der Waals surface area contributed by atoms with Crippen LogP contribution in [0.5, 0.6) is 5.75 Å². The largest absolute Gasteiger partial charge is 0.494 e. The van der Waals surface area contributed by atoms with Gasteiger partial charge in [-0.05, 0) is 13.0 Å². The first-order valence-corrected chi connectivity index (χ1v) is 6.86. The van der Waals surface area contributed by atoms with E-state index in [2.05, 4.69) is 15.7 Å². The molecule has 0 spiro atoms. The second-order valence-electron chi connectivity index (χ2n) is 3.88. The summed E-state index contributed by atoms with van der Waals surface area (Å²) in [6.45, 7) is 3.43. The number of nitrogens with two attached hydrogens (primary N) is 1. The number of ether oxygens (including phenoxy) is 1. The summed E-state index contributed by atoms with van der Waals surface area (Å²) in [5.74, 6) is 0.800. The van der Waals surface area contributed by atoms with Crippen molar-refractivity contribution >= 4 is 22.7 Å². The van der Waals surface area contributed by atoms with Crippen molar-refractivity contribution in [3.63, 3.8) is 0 Å². The molecule has 2 rings (SSSR count). The van der Waals surface area contributed by atoms with E-state index < -0.39 is 0 Å². The van der Waals surface area contributed by atoms with Crippen LogP contribution >= 0.6 is 11.3 Å². The molecule has 0 atom stereocenters. The first kappa shape index (κ1) is 12.7. The Labute approximate surface area is 111 Å². The third kappa shape index (κ3) is 3.63. The molecule has 0 saturated carbocycles. The van der Waals surface area contributed by atoms with Crippen molar-refractivity contribution < 1.29 is 4.74 Å². The number of aromatic nitrogens is 1. The van der Waals surface area contributed by atoms with Gasteiger partial charge in [-0.15, -0.1) is 11.3 Å². The van der Waals surface area contributed by atoms with Crippen LogP contribution < -0.4 is 15.8 Å².